The maximum absolute atomic E-state index is 13.4. The molecule has 1 heterocycles. The van der Waals surface area contributed by atoms with E-state index in [1.54, 1.807) is 55.5 Å². The van der Waals surface area contributed by atoms with Crippen molar-refractivity contribution in [2.45, 2.75) is 12.3 Å². The van der Waals surface area contributed by atoms with Crippen LogP contribution in [-0.4, -0.2) is 42.2 Å². The molecule has 1 saturated heterocycles. The average molecular weight is 354 g/mol. The number of carbonyl (C=O) groups is 3. The van der Waals surface area contributed by atoms with Gasteiger partial charge in [0.2, 0.25) is 0 Å². The van der Waals surface area contributed by atoms with Crippen molar-refractivity contribution in [2.75, 3.05) is 14.2 Å². The summed E-state index contributed by atoms with van der Waals surface area (Å²) >= 11 is 0. The largest absolute Gasteiger partial charge is 0.382 e. The summed E-state index contributed by atoms with van der Waals surface area (Å²) in [4.78, 5) is 49.2. The van der Waals surface area contributed by atoms with Gasteiger partial charge in [0.25, 0.3) is 11.8 Å². The Morgan fingerprint density at radius 2 is 1.27 bits per heavy atom. The predicted octanol–water partition coefficient (Wildman–Crippen LogP) is 2.19. The molecule has 2 aromatic carbocycles. The number of imide groups is 2. The second-order valence-corrected chi connectivity index (χ2v) is 5.78. The molecule has 0 saturated carbocycles. The molecule has 0 bridgehead atoms. The van der Waals surface area contributed by atoms with Gasteiger partial charge in [0.15, 0.2) is 5.41 Å². The predicted molar refractivity (Wildman–Crippen MR) is 91.5 cm³/mol. The number of hydrogen-bond acceptors (Lipinski definition) is 5. The summed E-state index contributed by atoms with van der Waals surface area (Å²) in [6.45, 7) is 1.80. The van der Waals surface area contributed by atoms with Gasteiger partial charge in [-0.25, -0.2) is 4.79 Å². The zero-order chi connectivity index (χ0) is 18.9. The van der Waals surface area contributed by atoms with Crippen molar-refractivity contribution in [3.8, 4) is 0 Å². The lowest BCUT2D eigenvalue weighted by molar-refractivity contribution is -0.204. The fraction of sp³-hybridized carbons (Fsp3) is 0.211. The molecule has 1 aliphatic rings. The van der Waals surface area contributed by atoms with Crippen molar-refractivity contribution >= 4 is 17.8 Å². The van der Waals surface area contributed by atoms with Gasteiger partial charge in [0.1, 0.15) is 0 Å². The average Bonchev–Trinajstić information content (AvgIpc) is 2.65. The molecule has 0 aliphatic carbocycles. The number of benzene rings is 2. The lowest BCUT2D eigenvalue weighted by Gasteiger charge is -2.42. The van der Waals surface area contributed by atoms with Crippen molar-refractivity contribution in [3.63, 3.8) is 0 Å². The fourth-order valence-electron chi connectivity index (χ4n) is 3.29. The lowest BCUT2D eigenvalue weighted by Crippen LogP contribution is -2.67. The van der Waals surface area contributed by atoms with E-state index in [4.69, 9.17) is 9.68 Å². The number of hydroxylamine groups is 4. The molecule has 7 heteroatoms. The Balaban J connectivity index is 2.39. The molecule has 26 heavy (non-hydrogen) atoms. The van der Waals surface area contributed by atoms with Crippen LogP contribution in [0.15, 0.2) is 54.6 Å². The minimum absolute atomic E-state index is 0.418. The monoisotopic (exact) mass is 354 g/mol. The fourth-order valence-corrected chi connectivity index (χ4v) is 3.29. The van der Waals surface area contributed by atoms with E-state index in [0.717, 1.165) is 5.56 Å². The van der Waals surface area contributed by atoms with Crippen LogP contribution in [0.3, 0.4) is 0 Å². The van der Waals surface area contributed by atoms with Crippen LogP contribution >= 0.6 is 0 Å². The summed E-state index contributed by atoms with van der Waals surface area (Å²) in [5.74, 6) is -1.58. The van der Waals surface area contributed by atoms with E-state index < -0.39 is 23.3 Å². The number of barbiturate groups is 1. The van der Waals surface area contributed by atoms with Crippen LogP contribution < -0.4 is 0 Å². The Morgan fingerprint density at radius 1 is 0.769 bits per heavy atom. The van der Waals surface area contributed by atoms with Crippen LogP contribution in [0.4, 0.5) is 4.79 Å². The third kappa shape index (κ3) is 2.33. The van der Waals surface area contributed by atoms with Crippen LogP contribution in [0.5, 0.6) is 0 Å². The highest BCUT2D eigenvalue weighted by Crippen LogP contribution is 2.41. The summed E-state index contributed by atoms with van der Waals surface area (Å²) in [6, 6.07) is 14.6. The molecule has 134 valence electrons. The van der Waals surface area contributed by atoms with Gasteiger partial charge >= 0.3 is 6.03 Å². The first-order valence-electron chi connectivity index (χ1n) is 7.93. The van der Waals surface area contributed by atoms with E-state index in [9.17, 15) is 14.4 Å². The molecule has 3 rings (SSSR count). The Labute approximate surface area is 150 Å². The van der Waals surface area contributed by atoms with E-state index in [1.165, 1.54) is 14.2 Å². The highest BCUT2D eigenvalue weighted by molar-refractivity contribution is 6.24. The molecule has 7 nitrogen and oxygen atoms in total. The first kappa shape index (κ1) is 17.8. The number of amides is 4. The summed E-state index contributed by atoms with van der Waals surface area (Å²) < 4.78 is 0. The topological polar surface area (TPSA) is 76.2 Å². The molecule has 1 aliphatic heterocycles. The summed E-state index contributed by atoms with van der Waals surface area (Å²) in [5, 5.41) is 1.09. The highest BCUT2D eigenvalue weighted by atomic mass is 16.7. The first-order chi connectivity index (χ1) is 12.5. The van der Waals surface area contributed by atoms with Gasteiger partial charge in [0, 0.05) is 0 Å². The number of rotatable bonds is 4. The maximum atomic E-state index is 13.4. The van der Waals surface area contributed by atoms with Gasteiger partial charge in [-0.2, -0.15) is 0 Å². The maximum Gasteiger partial charge on any atom is 0.382 e. The van der Waals surface area contributed by atoms with Gasteiger partial charge in [-0.05, 0) is 23.6 Å². The Bertz CT molecular complexity index is 839. The van der Waals surface area contributed by atoms with Crippen molar-refractivity contribution in [1.82, 2.24) is 10.1 Å². The number of carbonyl (C=O) groups excluding carboxylic acids is 3. The minimum Gasteiger partial charge on any atom is -0.270 e. The molecule has 0 aromatic heterocycles. The van der Waals surface area contributed by atoms with Crippen molar-refractivity contribution in [1.29, 1.82) is 0 Å². The second-order valence-electron chi connectivity index (χ2n) is 5.78. The number of hydrogen-bond donors (Lipinski definition) is 0. The molecule has 0 spiro atoms. The molecule has 0 unspecified atom stereocenters. The van der Waals surface area contributed by atoms with Crippen molar-refractivity contribution in [3.05, 3.63) is 71.3 Å². The molecule has 2 aromatic rings. The van der Waals surface area contributed by atoms with E-state index in [1.807, 2.05) is 6.07 Å². The number of nitrogens with zero attached hydrogens (tertiary/aromatic N) is 2. The normalized spacial score (nSPS) is 17.0. The number of aryl methyl sites for hydroxylation is 1. The van der Waals surface area contributed by atoms with Crippen LogP contribution in [0, 0.1) is 6.92 Å². The van der Waals surface area contributed by atoms with Crippen LogP contribution in [0.2, 0.25) is 0 Å². The molecule has 0 atom stereocenters. The standard InChI is InChI=1S/C19H18N2O5/c1-13-9-7-8-12-15(13)19(14-10-5-4-6-11-14)16(22)20(25-2)18(24)21(26-3)17(19)23/h4-12H,1-3H3. The number of urea groups is 1. The van der Waals surface area contributed by atoms with Crippen LogP contribution in [-0.2, 0) is 24.7 Å². The van der Waals surface area contributed by atoms with Crippen LogP contribution in [0.1, 0.15) is 16.7 Å². The quantitative estimate of drug-likeness (QED) is 0.787. The lowest BCUT2D eigenvalue weighted by atomic mass is 9.70. The minimum atomic E-state index is -1.80. The smallest absolute Gasteiger partial charge is 0.270 e. The summed E-state index contributed by atoms with van der Waals surface area (Å²) in [5.41, 5.74) is -0.204. The van der Waals surface area contributed by atoms with Gasteiger partial charge in [0.05, 0.1) is 14.2 Å². The van der Waals surface area contributed by atoms with Crippen molar-refractivity contribution in [2.24, 2.45) is 0 Å². The van der Waals surface area contributed by atoms with E-state index in [2.05, 4.69) is 0 Å². The van der Waals surface area contributed by atoms with E-state index >= 15 is 0 Å². The Kier molecular flexibility index (Phi) is 4.58. The Morgan fingerprint density at radius 3 is 1.77 bits per heavy atom. The van der Waals surface area contributed by atoms with Gasteiger partial charge in [-0.15, -0.1) is 10.1 Å². The summed E-state index contributed by atoms with van der Waals surface area (Å²) in [7, 11) is 2.38. The van der Waals surface area contributed by atoms with Gasteiger partial charge in [-0.3, -0.25) is 19.3 Å². The molecular formula is C19H18N2O5. The third-order valence-corrected chi connectivity index (χ3v) is 4.48. The SMILES string of the molecule is CON1C(=O)N(OC)C(=O)C(c2ccccc2)(c2ccccc2C)C1=O. The zero-order valence-electron chi connectivity index (χ0n) is 14.6. The van der Waals surface area contributed by atoms with E-state index in [-0.39, 0.29) is 0 Å². The molecule has 4 amide bonds. The third-order valence-electron chi connectivity index (χ3n) is 4.48. The second kappa shape index (κ2) is 6.70. The van der Waals surface area contributed by atoms with Crippen molar-refractivity contribution < 1.29 is 24.1 Å². The highest BCUT2D eigenvalue weighted by Gasteiger charge is 2.61. The zero-order valence-corrected chi connectivity index (χ0v) is 14.6. The van der Waals surface area contributed by atoms with Gasteiger partial charge in [-0.1, -0.05) is 54.6 Å². The molecular weight excluding hydrogens is 336 g/mol. The molecule has 1 fully saturated rings. The first-order valence-corrected chi connectivity index (χ1v) is 7.93. The van der Waals surface area contributed by atoms with Gasteiger partial charge < -0.3 is 0 Å². The van der Waals surface area contributed by atoms with Crippen LogP contribution in [0.25, 0.3) is 0 Å². The summed E-state index contributed by atoms with van der Waals surface area (Å²) in [6.07, 6.45) is 0. The Hall–Kier alpha value is -3.03. The molecule has 0 N–H and O–H groups in total. The van der Waals surface area contributed by atoms with E-state index in [0.29, 0.717) is 21.3 Å². The molecule has 0 radical (unpaired) electrons.